The molecule has 0 saturated heterocycles. The molecule has 3 N–H and O–H groups in total. The molecule has 2 amide bonds. The molecular weight excluding hydrogens is 294 g/mol. The molecule has 0 heterocycles. The smallest absolute Gasteiger partial charge is 0.255 e. The second kappa shape index (κ2) is 7.95. The minimum Gasteiger partial charge on any atom is -0.495 e. The van der Waals surface area contributed by atoms with Crippen LogP contribution in [-0.4, -0.2) is 32.5 Å². The van der Waals surface area contributed by atoms with E-state index in [1.807, 2.05) is 12.1 Å². The molecule has 0 unspecified atom stereocenters. The molecule has 2 aromatic carbocycles. The van der Waals surface area contributed by atoms with Crippen LogP contribution in [0.5, 0.6) is 5.75 Å². The standard InChI is InChI=1S/C17H19N3O3/c1-18-11-16(21)19-13-9-7-12(8-10-13)17(22)20-14-5-3-4-6-15(14)23-2/h3-10,18H,11H2,1-2H3,(H,19,21)(H,20,22). The fraction of sp³-hybridized carbons (Fsp3) is 0.176. The molecule has 0 aliphatic heterocycles. The molecule has 0 aliphatic rings. The van der Waals surface area contributed by atoms with Crippen molar-refractivity contribution in [2.45, 2.75) is 0 Å². The molecule has 2 aromatic rings. The number of nitrogens with one attached hydrogen (secondary N) is 3. The highest BCUT2D eigenvalue weighted by Gasteiger charge is 2.09. The summed E-state index contributed by atoms with van der Waals surface area (Å²) in [4.78, 5) is 23.7. The molecule has 6 nitrogen and oxygen atoms in total. The normalized spacial score (nSPS) is 10.0. The topological polar surface area (TPSA) is 79.5 Å². The van der Waals surface area contributed by atoms with E-state index in [2.05, 4.69) is 16.0 Å². The van der Waals surface area contributed by atoms with E-state index in [9.17, 15) is 9.59 Å². The summed E-state index contributed by atoms with van der Waals surface area (Å²) in [6.07, 6.45) is 0. The van der Waals surface area contributed by atoms with Crippen LogP contribution < -0.4 is 20.7 Å². The van der Waals surface area contributed by atoms with E-state index in [0.717, 1.165) is 0 Å². The van der Waals surface area contributed by atoms with Gasteiger partial charge in [0.25, 0.3) is 5.91 Å². The minimum absolute atomic E-state index is 0.140. The Hall–Kier alpha value is -2.86. The molecule has 0 radical (unpaired) electrons. The van der Waals surface area contributed by atoms with E-state index in [4.69, 9.17) is 4.74 Å². The lowest BCUT2D eigenvalue weighted by Gasteiger charge is -2.10. The Morgan fingerprint density at radius 2 is 1.70 bits per heavy atom. The predicted octanol–water partition coefficient (Wildman–Crippen LogP) is 2.11. The maximum Gasteiger partial charge on any atom is 0.255 e. The number of hydrogen-bond donors (Lipinski definition) is 3. The Morgan fingerprint density at radius 1 is 1.00 bits per heavy atom. The van der Waals surface area contributed by atoms with Crippen molar-refractivity contribution in [1.82, 2.24) is 5.32 Å². The molecule has 0 bridgehead atoms. The van der Waals surface area contributed by atoms with Gasteiger partial charge < -0.3 is 20.7 Å². The quantitative estimate of drug-likeness (QED) is 0.763. The molecular formula is C17H19N3O3. The van der Waals surface area contributed by atoms with E-state index in [1.165, 1.54) is 0 Å². The Morgan fingerprint density at radius 3 is 2.35 bits per heavy atom. The highest BCUT2D eigenvalue weighted by atomic mass is 16.5. The van der Waals surface area contributed by atoms with Gasteiger partial charge in [0.2, 0.25) is 5.91 Å². The molecule has 6 heteroatoms. The van der Waals surface area contributed by atoms with E-state index >= 15 is 0 Å². The third-order valence-electron chi connectivity index (χ3n) is 3.12. The summed E-state index contributed by atoms with van der Waals surface area (Å²) in [5, 5.41) is 8.29. The summed E-state index contributed by atoms with van der Waals surface area (Å²) in [5.74, 6) is 0.207. The van der Waals surface area contributed by atoms with Crippen molar-refractivity contribution in [2.75, 3.05) is 31.3 Å². The zero-order chi connectivity index (χ0) is 16.7. The lowest BCUT2D eigenvalue weighted by atomic mass is 10.2. The van der Waals surface area contributed by atoms with E-state index in [-0.39, 0.29) is 18.4 Å². The number of anilines is 2. The number of para-hydroxylation sites is 2. The number of likely N-dealkylation sites (N-methyl/N-ethyl adjacent to an activating group) is 1. The number of benzene rings is 2. The van der Waals surface area contributed by atoms with Crippen LogP contribution in [0, 0.1) is 0 Å². The van der Waals surface area contributed by atoms with Crippen LogP contribution in [0.2, 0.25) is 0 Å². The number of hydrogen-bond acceptors (Lipinski definition) is 4. The Kier molecular flexibility index (Phi) is 5.71. The van der Waals surface area contributed by atoms with Crippen LogP contribution in [-0.2, 0) is 4.79 Å². The molecule has 23 heavy (non-hydrogen) atoms. The monoisotopic (exact) mass is 313 g/mol. The average molecular weight is 313 g/mol. The molecule has 0 saturated carbocycles. The lowest BCUT2D eigenvalue weighted by molar-refractivity contribution is -0.115. The number of methoxy groups -OCH3 is 1. The van der Waals surface area contributed by atoms with Crippen LogP contribution in [0.4, 0.5) is 11.4 Å². The largest absolute Gasteiger partial charge is 0.495 e. The van der Waals surface area contributed by atoms with E-state index < -0.39 is 0 Å². The third-order valence-corrected chi connectivity index (χ3v) is 3.12. The van der Waals surface area contributed by atoms with Gasteiger partial charge in [0.05, 0.1) is 19.3 Å². The van der Waals surface area contributed by atoms with Crippen LogP contribution in [0.15, 0.2) is 48.5 Å². The van der Waals surface area contributed by atoms with Crippen molar-refractivity contribution in [2.24, 2.45) is 0 Å². The Balaban J connectivity index is 2.04. The first-order valence-corrected chi connectivity index (χ1v) is 7.13. The van der Waals surface area contributed by atoms with Crippen LogP contribution >= 0.6 is 0 Å². The molecule has 2 rings (SSSR count). The lowest BCUT2D eigenvalue weighted by Crippen LogP contribution is -2.25. The highest BCUT2D eigenvalue weighted by Crippen LogP contribution is 2.23. The number of rotatable bonds is 6. The first-order chi connectivity index (χ1) is 11.1. The van der Waals surface area contributed by atoms with Gasteiger partial charge in [-0.1, -0.05) is 12.1 Å². The highest BCUT2D eigenvalue weighted by molar-refractivity contribution is 6.05. The molecule has 120 valence electrons. The average Bonchev–Trinajstić information content (AvgIpc) is 2.56. The van der Waals surface area contributed by atoms with Crippen LogP contribution in [0.1, 0.15) is 10.4 Å². The summed E-state index contributed by atoms with van der Waals surface area (Å²) < 4.78 is 5.20. The van der Waals surface area contributed by atoms with E-state index in [1.54, 1.807) is 50.6 Å². The fourth-order valence-electron chi connectivity index (χ4n) is 2.01. The van der Waals surface area contributed by atoms with Crippen molar-refractivity contribution in [3.05, 3.63) is 54.1 Å². The molecule has 0 fully saturated rings. The summed E-state index contributed by atoms with van der Waals surface area (Å²) in [7, 11) is 3.25. The second-order valence-corrected chi connectivity index (χ2v) is 4.81. The van der Waals surface area contributed by atoms with Gasteiger partial charge in [-0.05, 0) is 43.4 Å². The SMILES string of the molecule is CNCC(=O)Nc1ccc(C(=O)Nc2ccccc2OC)cc1. The van der Waals surface area contributed by atoms with Crippen molar-refractivity contribution in [3.8, 4) is 5.75 Å². The van der Waals surface area contributed by atoms with Gasteiger partial charge in [0, 0.05) is 11.3 Å². The van der Waals surface area contributed by atoms with Gasteiger partial charge in [0.15, 0.2) is 0 Å². The zero-order valence-electron chi connectivity index (χ0n) is 13.1. The third kappa shape index (κ3) is 4.55. The zero-order valence-corrected chi connectivity index (χ0v) is 13.1. The first kappa shape index (κ1) is 16.5. The van der Waals surface area contributed by atoms with Crippen LogP contribution in [0.25, 0.3) is 0 Å². The van der Waals surface area contributed by atoms with Gasteiger partial charge in [-0.3, -0.25) is 9.59 Å². The van der Waals surface area contributed by atoms with Gasteiger partial charge in [-0.25, -0.2) is 0 Å². The van der Waals surface area contributed by atoms with Crippen molar-refractivity contribution >= 4 is 23.2 Å². The maximum atomic E-state index is 12.3. The molecule has 0 aliphatic carbocycles. The summed E-state index contributed by atoms with van der Waals surface area (Å²) in [5.41, 5.74) is 1.73. The number of ether oxygens (including phenoxy) is 1. The fourth-order valence-corrected chi connectivity index (χ4v) is 2.01. The molecule has 0 atom stereocenters. The van der Waals surface area contributed by atoms with Crippen molar-refractivity contribution in [3.63, 3.8) is 0 Å². The van der Waals surface area contributed by atoms with Gasteiger partial charge in [-0.15, -0.1) is 0 Å². The first-order valence-electron chi connectivity index (χ1n) is 7.13. The summed E-state index contributed by atoms with van der Waals surface area (Å²) >= 11 is 0. The maximum absolute atomic E-state index is 12.3. The number of carbonyl (C=O) groups excluding carboxylic acids is 2. The second-order valence-electron chi connectivity index (χ2n) is 4.81. The van der Waals surface area contributed by atoms with E-state index in [0.29, 0.717) is 22.7 Å². The van der Waals surface area contributed by atoms with Gasteiger partial charge >= 0.3 is 0 Å². The Bertz CT molecular complexity index is 684. The number of carbonyl (C=O) groups is 2. The molecule has 0 spiro atoms. The molecule has 0 aromatic heterocycles. The van der Waals surface area contributed by atoms with Crippen molar-refractivity contribution in [1.29, 1.82) is 0 Å². The Labute approximate surface area is 134 Å². The van der Waals surface area contributed by atoms with Gasteiger partial charge in [-0.2, -0.15) is 0 Å². The minimum atomic E-state index is -0.248. The van der Waals surface area contributed by atoms with Crippen molar-refractivity contribution < 1.29 is 14.3 Å². The number of amides is 2. The predicted molar refractivity (Wildman–Crippen MR) is 89.9 cm³/mol. The van der Waals surface area contributed by atoms with Crippen LogP contribution in [0.3, 0.4) is 0 Å². The summed E-state index contributed by atoms with van der Waals surface area (Å²) in [6, 6.07) is 13.9. The van der Waals surface area contributed by atoms with Gasteiger partial charge in [0.1, 0.15) is 5.75 Å². The summed E-state index contributed by atoms with van der Waals surface area (Å²) in [6.45, 7) is 0.232.